The molecule has 2 heterocycles. The monoisotopic (exact) mass is 528 g/mol. The SMILES string of the molecule is CN=C(NCCN1CCN(Cc2ccccc2)CC1)NCc1nc(C)c(C)s1.I. The fourth-order valence-corrected chi connectivity index (χ4v) is 4.21. The molecule has 1 fully saturated rings. The number of piperazine rings is 1. The van der Waals surface area contributed by atoms with Gasteiger partial charge in [0.1, 0.15) is 5.01 Å². The summed E-state index contributed by atoms with van der Waals surface area (Å²) in [5.74, 6) is 0.841. The molecule has 1 aliphatic rings. The van der Waals surface area contributed by atoms with E-state index in [2.05, 4.69) is 74.6 Å². The fraction of sp³-hybridized carbons (Fsp3) is 0.524. The Morgan fingerprint density at radius 1 is 1.07 bits per heavy atom. The van der Waals surface area contributed by atoms with E-state index >= 15 is 0 Å². The van der Waals surface area contributed by atoms with Gasteiger partial charge in [-0.15, -0.1) is 35.3 Å². The van der Waals surface area contributed by atoms with Crippen LogP contribution in [0.1, 0.15) is 21.1 Å². The van der Waals surface area contributed by atoms with E-state index in [0.717, 1.165) is 69.0 Å². The molecule has 29 heavy (non-hydrogen) atoms. The summed E-state index contributed by atoms with van der Waals surface area (Å²) in [4.78, 5) is 15.2. The molecule has 0 radical (unpaired) electrons. The van der Waals surface area contributed by atoms with Gasteiger partial charge in [-0.1, -0.05) is 30.3 Å². The van der Waals surface area contributed by atoms with Gasteiger partial charge in [-0.2, -0.15) is 0 Å². The summed E-state index contributed by atoms with van der Waals surface area (Å²) in [6.45, 7) is 12.4. The molecule has 2 aromatic rings. The lowest BCUT2D eigenvalue weighted by molar-refractivity contribution is 0.129. The highest BCUT2D eigenvalue weighted by molar-refractivity contribution is 14.0. The molecule has 1 aromatic heterocycles. The second-order valence-electron chi connectivity index (χ2n) is 7.21. The number of nitrogens with one attached hydrogen (secondary N) is 2. The predicted molar refractivity (Wildman–Crippen MR) is 133 cm³/mol. The number of benzene rings is 1. The summed E-state index contributed by atoms with van der Waals surface area (Å²) < 4.78 is 0. The smallest absolute Gasteiger partial charge is 0.191 e. The van der Waals surface area contributed by atoms with E-state index in [1.165, 1.54) is 10.4 Å². The highest BCUT2D eigenvalue weighted by Gasteiger charge is 2.16. The fourth-order valence-electron chi connectivity index (χ4n) is 3.34. The van der Waals surface area contributed by atoms with Gasteiger partial charge in [-0.25, -0.2) is 4.98 Å². The van der Waals surface area contributed by atoms with E-state index in [-0.39, 0.29) is 24.0 Å². The van der Waals surface area contributed by atoms with Gasteiger partial charge >= 0.3 is 0 Å². The molecule has 1 aromatic carbocycles. The van der Waals surface area contributed by atoms with Gasteiger partial charge in [-0.3, -0.25) is 14.8 Å². The molecule has 0 spiro atoms. The minimum atomic E-state index is 0. The lowest BCUT2D eigenvalue weighted by atomic mass is 10.2. The summed E-state index contributed by atoms with van der Waals surface area (Å²) >= 11 is 1.74. The molecule has 1 aliphatic heterocycles. The third-order valence-electron chi connectivity index (χ3n) is 5.14. The lowest BCUT2D eigenvalue weighted by Gasteiger charge is -2.34. The average molecular weight is 529 g/mol. The normalized spacial score (nSPS) is 15.8. The zero-order chi connectivity index (χ0) is 19.8. The maximum atomic E-state index is 4.57. The quantitative estimate of drug-likeness (QED) is 0.329. The average Bonchev–Trinajstić information content (AvgIpc) is 3.04. The van der Waals surface area contributed by atoms with E-state index < -0.39 is 0 Å². The highest BCUT2D eigenvalue weighted by Crippen LogP contribution is 2.15. The van der Waals surface area contributed by atoms with E-state index in [4.69, 9.17) is 0 Å². The van der Waals surface area contributed by atoms with Gasteiger partial charge in [-0.05, 0) is 19.4 Å². The largest absolute Gasteiger partial charge is 0.355 e. The zero-order valence-electron chi connectivity index (χ0n) is 17.6. The Morgan fingerprint density at radius 3 is 2.38 bits per heavy atom. The number of rotatable bonds is 7. The van der Waals surface area contributed by atoms with Gasteiger partial charge in [0.05, 0.1) is 12.2 Å². The highest BCUT2D eigenvalue weighted by atomic mass is 127. The molecule has 1 saturated heterocycles. The van der Waals surface area contributed by atoms with Crippen LogP contribution in [0, 0.1) is 13.8 Å². The van der Waals surface area contributed by atoms with Crippen molar-refractivity contribution in [3.63, 3.8) is 0 Å². The molecule has 0 bridgehead atoms. The van der Waals surface area contributed by atoms with Crippen LogP contribution < -0.4 is 10.6 Å². The van der Waals surface area contributed by atoms with Crippen molar-refractivity contribution in [3.8, 4) is 0 Å². The predicted octanol–water partition coefficient (Wildman–Crippen LogP) is 2.86. The first-order chi connectivity index (χ1) is 13.6. The Labute approximate surface area is 195 Å². The van der Waals surface area contributed by atoms with Crippen molar-refractivity contribution in [1.82, 2.24) is 25.4 Å². The first kappa shape index (κ1) is 24.0. The van der Waals surface area contributed by atoms with E-state index in [1.54, 1.807) is 11.3 Å². The molecule has 2 N–H and O–H groups in total. The summed E-state index contributed by atoms with van der Waals surface area (Å²) in [6, 6.07) is 10.7. The summed E-state index contributed by atoms with van der Waals surface area (Å²) in [6.07, 6.45) is 0. The number of aryl methyl sites for hydroxylation is 2. The van der Waals surface area contributed by atoms with Gasteiger partial charge in [0.25, 0.3) is 0 Å². The minimum Gasteiger partial charge on any atom is -0.355 e. The van der Waals surface area contributed by atoms with E-state index in [1.807, 2.05) is 7.05 Å². The van der Waals surface area contributed by atoms with Crippen LogP contribution in [0.4, 0.5) is 0 Å². The Kier molecular flexibility index (Phi) is 10.3. The molecule has 0 aliphatic carbocycles. The number of hydrogen-bond acceptors (Lipinski definition) is 5. The topological polar surface area (TPSA) is 55.8 Å². The lowest BCUT2D eigenvalue weighted by Crippen LogP contribution is -2.48. The van der Waals surface area contributed by atoms with Gasteiger partial charge in [0, 0.05) is 57.7 Å². The number of hydrogen-bond donors (Lipinski definition) is 2. The van der Waals surface area contributed by atoms with Crippen LogP contribution in [0.5, 0.6) is 0 Å². The Balaban J connectivity index is 0.00000300. The van der Waals surface area contributed by atoms with Crippen molar-refractivity contribution < 1.29 is 0 Å². The van der Waals surface area contributed by atoms with Crippen molar-refractivity contribution >= 4 is 41.3 Å². The van der Waals surface area contributed by atoms with Crippen LogP contribution in [-0.4, -0.2) is 67.1 Å². The first-order valence-corrected chi connectivity index (χ1v) is 10.8. The third-order valence-corrected chi connectivity index (χ3v) is 6.21. The molecule has 0 atom stereocenters. The molecule has 0 unspecified atom stereocenters. The van der Waals surface area contributed by atoms with Crippen molar-refractivity contribution in [3.05, 3.63) is 51.5 Å². The van der Waals surface area contributed by atoms with Crippen molar-refractivity contribution in [2.45, 2.75) is 26.9 Å². The number of aromatic nitrogens is 1. The van der Waals surface area contributed by atoms with Crippen molar-refractivity contribution in [2.24, 2.45) is 4.99 Å². The van der Waals surface area contributed by atoms with Crippen LogP contribution in [0.15, 0.2) is 35.3 Å². The first-order valence-electron chi connectivity index (χ1n) is 10.00. The van der Waals surface area contributed by atoms with Gasteiger partial charge in [0.15, 0.2) is 5.96 Å². The van der Waals surface area contributed by atoms with Crippen LogP contribution in [-0.2, 0) is 13.1 Å². The molecule has 160 valence electrons. The molecular formula is C21H33IN6S. The number of aliphatic imine (C=N–C) groups is 1. The van der Waals surface area contributed by atoms with Crippen LogP contribution in [0.2, 0.25) is 0 Å². The number of guanidine groups is 1. The molecule has 8 heteroatoms. The molecule has 0 saturated carbocycles. The molecule has 3 rings (SSSR count). The molecular weight excluding hydrogens is 495 g/mol. The number of nitrogens with zero attached hydrogens (tertiary/aromatic N) is 4. The summed E-state index contributed by atoms with van der Waals surface area (Å²) in [5.41, 5.74) is 2.52. The Hall–Kier alpha value is -1.23. The second-order valence-corrected chi connectivity index (χ2v) is 8.49. The maximum absolute atomic E-state index is 4.57. The van der Waals surface area contributed by atoms with Crippen LogP contribution >= 0.6 is 35.3 Å². The van der Waals surface area contributed by atoms with Crippen molar-refractivity contribution in [1.29, 1.82) is 0 Å². The minimum absolute atomic E-state index is 0. The third kappa shape index (κ3) is 7.84. The number of thiazole rings is 1. The Morgan fingerprint density at radius 2 is 1.76 bits per heavy atom. The second kappa shape index (κ2) is 12.5. The zero-order valence-corrected chi connectivity index (χ0v) is 20.8. The van der Waals surface area contributed by atoms with E-state index in [9.17, 15) is 0 Å². The molecule has 0 amide bonds. The van der Waals surface area contributed by atoms with Crippen molar-refractivity contribution in [2.75, 3.05) is 46.3 Å². The standard InChI is InChI=1S/C21H32N6S.HI/c1-17-18(2)28-20(25-17)15-24-21(22-3)23-9-10-26-11-13-27(14-12-26)16-19-7-5-4-6-8-19;/h4-8H,9-16H2,1-3H3,(H2,22,23,24);1H. The van der Waals surface area contributed by atoms with E-state index in [0.29, 0.717) is 0 Å². The molecule has 6 nitrogen and oxygen atoms in total. The van der Waals surface area contributed by atoms with Crippen LogP contribution in [0.3, 0.4) is 0 Å². The summed E-state index contributed by atoms with van der Waals surface area (Å²) in [7, 11) is 1.82. The van der Waals surface area contributed by atoms with Gasteiger partial charge < -0.3 is 10.6 Å². The Bertz CT molecular complexity index is 736. The maximum Gasteiger partial charge on any atom is 0.191 e. The van der Waals surface area contributed by atoms with Gasteiger partial charge in [0.2, 0.25) is 0 Å². The number of halogens is 1. The summed E-state index contributed by atoms with van der Waals surface area (Å²) in [5, 5.41) is 7.88. The van der Waals surface area contributed by atoms with Crippen LogP contribution in [0.25, 0.3) is 0 Å².